The maximum atomic E-state index is 11.9. The van der Waals surface area contributed by atoms with E-state index in [0.29, 0.717) is 16.7 Å². The van der Waals surface area contributed by atoms with Gasteiger partial charge in [0.2, 0.25) is 5.43 Å². The first-order valence-corrected chi connectivity index (χ1v) is 7.45. The highest BCUT2D eigenvalue weighted by Gasteiger charge is 2.27. The van der Waals surface area contributed by atoms with Gasteiger partial charge in [0.15, 0.2) is 5.75 Å². The number of fused-ring (bicyclic) bond motifs is 1. The van der Waals surface area contributed by atoms with E-state index in [2.05, 4.69) is 6.07 Å². The molecule has 25 heavy (non-hydrogen) atoms. The lowest BCUT2D eigenvalue weighted by Gasteiger charge is -2.02. The predicted molar refractivity (Wildman–Crippen MR) is 93.0 cm³/mol. The average Bonchev–Trinajstić information content (AvgIpc) is 2.75. The SMILES string of the molecule is COc1cc(-c2c(C#N)c3cccccc-3c2C(=O)O)cccc1=O. The van der Waals surface area contributed by atoms with Crippen molar-refractivity contribution < 1.29 is 14.6 Å². The van der Waals surface area contributed by atoms with Gasteiger partial charge in [-0.15, -0.1) is 0 Å². The number of carboxylic acid groups (broad SMARTS) is 1. The van der Waals surface area contributed by atoms with Gasteiger partial charge < -0.3 is 9.84 Å². The Morgan fingerprint density at radius 2 is 1.80 bits per heavy atom. The van der Waals surface area contributed by atoms with Crippen LogP contribution in [0.5, 0.6) is 5.75 Å². The van der Waals surface area contributed by atoms with Crippen molar-refractivity contribution in [2.45, 2.75) is 0 Å². The maximum absolute atomic E-state index is 11.9. The molecule has 0 spiro atoms. The molecule has 0 saturated heterocycles. The van der Waals surface area contributed by atoms with Crippen molar-refractivity contribution in [3.05, 3.63) is 75.9 Å². The molecule has 0 fully saturated rings. The van der Waals surface area contributed by atoms with Gasteiger partial charge in [0.1, 0.15) is 6.07 Å². The summed E-state index contributed by atoms with van der Waals surface area (Å²) in [6.45, 7) is 0. The number of methoxy groups -OCH3 is 1. The summed E-state index contributed by atoms with van der Waals surface area (Å²) in [6, 6.07) is 16.6. The summed E-state index contributed by atoms with van der Waals surface area (Å²) in [5.74, 6) is -1.06. The van der Waals surface area contributed by atoms with E-state index < -0.39 is 5.97 Å². The highest BCUT2D eigenvalue weighted by Crippen LogP contribution is 2.42. The highest BCUT2D eigenvalue weighted by molar-refractivity contribution is 6.09. The number of nitrogens with zero attached hydrogens (tertiary/aromatic N) is 1. The molecule has 0 bridgehead atoms. The molecule has 0 amide bonds. The molecule has 5 heteroatoms. The molecular weight excluding hydrogens is 318 g/mol. The van der Waals surface area contributed by atoms with Crippen molar-refractivity contribution in [1.82, 2.24) is 0 Å². The van der Waals surface area contributed by atoms with E-state index in [4.69, 9.17) is 4.74 Å². The molecule has 0 radical (unpaired) electrons. The van der Waals surface area contributed by atoms with Crippen LogP contribution in [0.3, 0.4) is 0 Å². The van der Waals surface area contributed by atoms with Crippen molar-refractivity contribution >= 4 is 5.97 Å². The van der Waals surface area contributed by atoms with E-state index in [1.54, 1.807) is 36.4 Å². The number of hydrogen-bond acceptors (Lipinski definition) is 4. The second-order valence-electron chi connectivity index (χ2n) is 5.34. The van der Waals surface area contributed by atoms with Gasteiger partial charge in [-0.05, 0) is 23.3 Å². The summed E-state index contributed by atoms with van der Waals surface area (Å²) in [7, 11) is 1.37. The molecule has 2 aliphatic carbocycles. The normalized spacial score (nSPS) is 10.2. The topological polar surface area (TPSA) is 87.4 Å². The number of rotatable bonds is 3. The summed E-state index contributed by atoms with van der Waals surface area (Å²) >= 11 is 0. The second kappa shape index (κ2) is 6.46. The number of hydrogen-bond donors (Lipinski definition) is 1. The third-order valence-electron chi connectivity index (χ3n) is 3.96. The van der Waals surface area contributed by atoms with E-state index in [-0.39, 0.29) is 27.9 Å². The minimum Gasteiger partial charge on any atom is -0.493 e. The van der Waals surface area contributed by atoms with E-state index in [9.17, 15) is 20.0 Å². The van der Waals surface area contributed by atoms with E-state index in [1.807, 2.05) is 0 Å². The zero-order chi connectivity index (χ0) is 18.0. The molecule has 0 aromatic heterocycles. The molecule has 3 rings (SSSR count). The summed E-state index contributed by atoms with van der Waals surface area (Å²) < 4.78 is 5.09. The van der Waals surface area contributed by atoms with Gasteiger partial charge in [0.25, 0.3) is 0 Å². The zero-order valence-corrected chi connectivity index (χ0v) is 13.3. The van der Waals surface area contributed by atoms with E-state index >= 15 is 0 Å². The third kappa shape index (κ3) is 2.70. The molecule has 2 aliphatic rings. The number of ether oxygens (including phenoxy) is 1. The maximum Gasteiger partial charge on any atom is 0.337 e. The zero-order valence-electron chi connectivity index (χ0n) is 13.3. The van der Waals surface area contributed by atoms with Crippen molar-refractivity contribution in [2.24, 2.45) is 0 Å². The van der Waals surface area contributed by atoms with Gasteiger partial charge in [-0.1, -0.05) is 42.5 Å². The number of carbonyl (C=O) groups is 1. The lowest BCUT2D eigenvalue weighted by Crippen LogP contribution is -2.00. The Balaban J connectivity index is 2.50. The summed E-state index contributed by atoms with van der Waals surface area (Å²) in [4.78, 5) is 23.9. The Morgan fingerprint density at radius 3 is 2.44 bits per heavy atom. The summed E-state index contributed by atoms with van der Waals surface area (Å²) in [5, 5.41) is 19.4. The molecule has 122 valence electrons. The fraction of sp³-hybridized carbons (Fsp3) is 0.0500. The van der Waals surface area contributed by atoms with Gasteiger partial charge in [-0.2, -0.15) is 5.26 Å². The Bertz CT molecular complexity index is 1050. The predicted octanol–water partition coefficient (Wildman–Crippen LogP) is 3.40. The summed E-state index contributed by atoms with van der Waals surface area (Å²) in [6.07, 6.45) is 0. The minimum absolute atomic E-state index is 0.0310. The lowest BCUT2D eigenvalue weighted by molar-refractivity contribution is 0.0699. The number of carboxylic acids is 1. The van der Waals surface area contributed by atoms with Crippen LogP contribution in [0, 0.1) is 11.3 Å². The monoisotopic (exact) mass is 331 g/mol. The van der Waals surface area contributed by atoms with E-state index in [1.165, 1.54) is 25.3 Å². The Morgan fingerprint density at radius 1 is 1.08 bits per heavy atom. The molecule has 1 N–H and O–H groups in total. The number of nitriles is 1. The second-order valence-corrected chi connectivity index (χ2v) is 5.34. The van der Waals surface area contributed by atoms with Crippen LogP contribution in [0.15, 0.2) is 59.4 Å². The van der Waals surface area contributed by atoms with Crippen LogP contribution in [-0.2, 0) is 0 Å². The van der Waals surface area contributed by atoms with Gasteiger partial charge in [-0.25, -0.2) is 4.79 Å². The third-order valence-corrected chi connectivity index (χ3v) is 3.96. The minimum atomic E-state index is -1.14. The Hall–Kier alpha value is -3.65. The first-order chi connectivity index (χ1) is 12.1. The standard InChI is InChI=1S/C20H13NO4/c1-25-17-10-12(6-5-9-16(17)22)18-15(11-21)13-7-3-2-4-8-14(13)19(18)20(23)24/h2-10H,1H3,(H,23,24). The van der Waals surface area contributed by atoms with Crippen LogP contribution in [0.4, 0.5) is 0 Å². The largest absolute Gasteiger partial charge is 0.493 e. The quantitative estimate of drug-likeness (QED) is 0.795. The highest BCUT2D eigenvalue weighted by atomic mass is 16.5. The molecular formula is C20H13NO4. The van der Waals surface area contributed by atoms with E-state index in [0.717, 1.165) is 0 Å². The first-order valence-electron chi connectivity index (χ1n) is 7.45. The van der Waals surface area contributed by atoms with Crippen LogP contribution < -0.4 is 10.2 Å². The molecule has 0 saturated carbocycles. The van der Waals surface area contributed by atoms with Gasteiger partial charge in [0, 0.05) is 11.1 Å². The molecule has 0 unspecified atom stereocenters. The van der Waals surface area contributed by atoms with Crippen LogP contribution >= 0.6 is 0 Å². The van der Waals surface area contributed by atoms with Gasteiger partial charge in [0.05, 0.1) is 18.2 Å². The van der Waals surface area contributed by atoms with Crippen LogP contribution in [0.1, 0.15) is 15.9 Å². The molecule has 0 heterocycles. The number of aromatic carboxylic acids is 1. The molecule has 0 aliphatic heterocycles. The smallest absolute Gasteiger partial charge is 0.337 e. The summed E-state index contributed by atoms with van der Waals surface area (Å²) in [5.41, 5.74) is 1.70. The Labute approximate surface area is 143 Å². The molecule has 5 nitrogen and oxygen atoms in total. The van der Waals surface area contributed by atoms with Crippen LogP contribution in [0.2, 0.25) is 0 Å². The Kier molecular flexibility index (Phi) is 4.19. The van der Waals surface area contributed by atoms with Crippen molar-refractivity contribution in [3.8, 4) is 34.1 Å². The molecule has 1 aromatic carbocycles. The van der Waals surface area contributed by atoms with Crippen LogP contribution in [-0.4, -0.2) is 18.2 Å². The van der Waals surface area contributed by atoms with Crippen molar-refractivity contribution in [2.75, 3.05) is 7.11 Å². The van der Waals surface area contributed by atoms with Crippen molar-refractivity contribution in [3.63, 3.8) is 0 Å². The first kappa shape index (κ1) is 16.2. The van der Waals surface area contributed by atoms with Gasteiger partial charge in [-0.3, -0.25) is 4.79 Å². The average molecular weight is 331 g/mol. The van der Waals surface area contributed by atoms with Crippen LogP contribution in [0.25, 0.3) is 22.3 Å². The fourth-order valence-corrected chi connectivity index (χ4v) is 2.90. The molecule has 0 atom stereocenters. The van der Waals surface area contributed by atoms with Gasteiger partial charge >= 0.3 is 5.97 Å². The lowest BCUT2D eigenvalue weighted by atomic mass is 10.0. The van der Waals surface area contributed by atoms with Crippen molar-refractivity contribution in [1.29, 1.82) is 5.26 Å². The molecule has 1 aromatic rings. The fourth-order valence-electron chi connectivity index (χ4n) is 2.90.